The molecule has 0 amide bonds. The number of nitrogens with zero attached hydrogens (tertiary/aromatic N) is 2. The molecule has 0 spiro atoms. The summed E-state index contributed by atoms with van der Waals surface area (Å²) in [4.78, 5) is 12.3. The minimum Gasteiger partial charge on any atom is -0.504 e. The van der Waals surface area contributed by atoms with Crippen molar-refractivity contribution in [3.8, 4) is 5.75 Å². The fraction of sp³-hybridized carbons (Fsp3) is 0.167. The zero-order valence-corrected chi connectivity index (χ0v) is 7.20. The molecule has 0 saturated carbocycles. The van der Waals surface area contributed by atoms with Crippen molar-refractivity contribution in [2.45, 2.75) is 6.43 Å². The molecular weight excluding hydrogens is 222 g/mol. The molecule has 0 radical (unpaired) electrons. The highest BCUT2D eigenvalue weighted by atomic mass is 35.5. The first-order chi connectivity index (χ1) is 6.45. The van der Waals surface area contributed by atoms with Crippen LogP contribution in [0.3, 0.4) is 0 Å². The lowest BCUT2D eigenvalue weighted by atomic mass is 10.2. The van der Waals surface area contributed by atoms with Crippen molar-refractivity contribution >= 4 is 17.4 Å². The number of hydrogen-bond acceptors (Lipinski definition) is 4. The molecule has 1 aromatic heterocycles. The summed E-state index contributed by atoms with van der Waals surface area (Å²) >= 11 is 5.26. The molecule has 0 aromatic carbocycles. The SMILES string of the molecule is O=[N+]([O-])c1ncc(O)c(C(F)F)c1Cl. The second-order valence-electron chi connectivity index (χ2n) is 2.25. The predicted molar refractivity (Wildman–Crippen MR) is 42.5 cm³/mol. The molecule has 1 N–H and O–H groups in total. The van der Waals surface area contributed by atoms with Crippen molar-refractivity contribution in [1.29, 1.82) is 0 Å². The van der Waals surface area contributed by atoms with Crippen molar-refractivity contribution < 1.29 is 18.8 Å². The van der Waals surface area contributed by atoms with Crippen LogP contribution >= 0.6 is 11.6 Å². The summed E-state index contributed by atoms with van der Waals surface area (Å²) in [5.74, 6) is -1.77. The van der Waals surface area contributed by atoms with Crippen LogP contribution in [-0.2, 0) is 0 Å². The van der Waals surface area contributed by atoms with Gasteiger partial charge in [-0.2, -0.15) is 0 Å². The Morgan fingerprint density at radius 3 is 2.64 bits per heavy atom. The van der Waals surface area contributed by atoms with Crippen LogP contribution in [0.2, 0.25) is 5.02 Å². The molecule has 0 unspecified atom stereocenters. The van der Waals surface area contributed by atoms with Crippen LogP contribution in [-0.4, -0.2) is 15.0 Å². The van der Waals surface area contributed by atoms with Gasteiger partial charge in [-0.15, -0.1) is 0 Å². The van der Waals surface area contributed by atoms with Crippen molar-refractivity contribution in [3.05, 3.63) is 26.9 Å². The molecule has 0 bridgehead atoms. The number of rotatable bonds is 2. The second kappa shape index (κ2) is 3.70. The molecule has 76 valence electrons. The number of halogens is 3. The minimum absolute atomic E-state index is 0.561. The van der Waals surface area contributed by atoms with Gasteiger partial charge in [-0.25, -0.2) is 8.78 Å². The molecule has 1 heterocycles. The lowest BCUT2D eigenvalue weighted by molar-refractivity contribution is -0.389. The van der Waals surface area contributed by atoms with Gasteiger partial charge in [0.25, 0.3) is 6.43 Å². The first-order valence-corrected chi connectivity index (χ1v) is 3.62. The second-order valence-corrected chi connectivity index (χ2v) is 2.63. The third-order valence-corrected chi connectivity index (χ3v) is 1.78. The van der Waals surface area contributed by atoms with E-state index in [0.29, 0.717) is 6.20 Å². The average Bonchev–Trinajstić information content (AvgIpc) is 2.02. The van der Waals surface area contributed by atoms with Gasteiger partial charge in [-0.3, -0.25) is 0 Å². The van der Waals surface area contributed by atoms with Gasteiger partial charge in [0.05, 0.1) is 5.56 Å². The van der Waals surface area contributed by atoms with Crippen molar-refractivity contribution in [3.63, 3.8) is 0 Å². The topological polar surface area (TPSA) is 76.3 Å². The van der Waals surface area contributed by atoms with E-state index in [1.165, 1.54) is 0 Å². The zero-order valence-electron chi connectivity index (χ0n) is 6.45. The van der Waals surface area contributed by atoms with Gasteiger partial charge in [-0.05, 0) is 9.91 Å². The van der Waals surface area contributed by atoms with Gasteiger partial charge in [0.1, 0.15) is 0 Å². The Labute approximate surface area is 81.1 Å². The molecular formula is C6H3ClF2N2O3. The first-order valence-electron chi connectivity index (χ1n) is 3.25. The molecule has 1 aromatic rings. The Balaban J connectivity index is 3.41. The van der Waals surface area contributed by atoms with Crippen LogP contribution in [0.1, 0.15) is 12.0 Å². The third-order valence-electron chi connectivity index (χ3n) is 1.41. The number of nitro groups is 1. The predicted octanol–water partition coefficient (Wildman–Crippen LogP) is 2.29. The smallest absolute Gasteiger partial charge is 0.383 e. The van der Waals surface area contributed by atoms with Gasteiger partial charge in [-0.1, -0.05) is 11.6 Å². The maximum absolute atomic E-state index is 12.2. The van der Waals surface area contributed by atoms with E-state index in [2.05, 4.69) is 4.98 Å². The van der Waals surface area contributed by atoms with Gasteiger partial charge in [0.15, 0.2) is 17.0 Å². The van der Waals surface area contributed by atoms with Crippen LogP contribution < -0.4 is 0 Å². The van der Waals surface area contributed by atoms with E-state index in [9.17, 15) is 18.9 Å². The van der Waals surface area contributed by atoms with Gasteiger partial charge in [0, 0.05) is 0 Å². The summed E-state index contributed by atoms with van der Waals surface area (Å²) in [6.07, 6.45) is -2.53. The van der Waals surface area contributed by atoms with E-state index in [1.54, 1.807) is 0 Å². The molecule has 0 aliphatic carbocycles. The standard InChI is InChI=1S/C6H3ClF2N2O3/c7-4-3(5(8)9)2(12)1-10-6(4)11(13)14/h1,5,12H. The number of hydrogen-bond donors (Lipinski definition) is 1. The van der Waals surface area contributed by atoms with Crippen molar-refractivity contribution in [1.82, 2.24) is 4.98 Å². The maximum atomic E-state index is 12.2. The maximum Gasteiger partial charge on any atom is 0.383 e. The molecule has 0 fully saturated rings. The van der Waals surface area contributed by atoms with Crippen LogP contribution in [0, 0.1) is 10.1 Å². The molecule has 0 aliphatic heterocycles. The number of pyridine rings is 1. The van der Waals surface area contributed by atoms with Crippen molar-refractivity contribution in [2.75, 3.05) is 0 Å². The number of alkyl halides is 2. The van der Waals surface area contributed by atoms with E-state index in [4.69, 9.17) is 16.7 Å². The Hall–Kier alpha value is -1.50. The summed E-state index contributed by atoms with van der Waals surface area (Å²) < 4.78 is 24.5. The Bertz CT molecular complexity index is 386. The summed E-state index contributed by atoms with van der Waals surface area (Å²) in [5, 5.41) is 18.3. The summed E-state index contributed by atoms with van der Waals surface area (Å²) in [6, 6.07) is 0. The number of aromatic hydroxyl groups is 1. The largest absolute Gasteiger partial charge is 0.504 e. The molecule has 14 heavy (non-hydrogen) atoms. The monoisotopic (exact) mass is 224 g/mol. The van der Waals surface area contributed by atoms with E-state index < -0.39 is 33.5 Å². The highest BCUT2D eigenvalue weighted by molar-refractivity contribution is 6.33. The summed E-state index contributed by atoms with van der Waals surface area (Å²) in [7, 11) is 0. The Morgan fingerprint density at radius 1 is 1.64 bits per heavy atom. The van der Waals surface area contributed by atoms with Gasteiger partial charge in [0.2, 0.25) is 0 Å². The lowest BCUT2D eigenvalue weighted by Crippen LogP contribution is -1.97. The highest BCUT2D eigenvalue weighted by Crippen LogP contribution is 2.38. The quantitative estimate of drug-likeness (QED) is 0.618. The summed E-state index contributed by atoms with van der Waals surface area (Å²) in [6.45, 7) is 0. The normalized spacial score (nSPS) is 10.6. The van der Waals surface area contributed by atoms with Crippen LogP contribution in [0.5, 0.6) is 5.75 Å². The Morgan fingerprint density at radius 2 is 2.21 bits per heavy atom. The summed E-state index contributed by atoms with van der Waals surface area (Å²) in [5.41, 5.74) is -0.978. The van der Waals surface area contributed by atoms with Crippen molar-refractivity contribution in [2.24, 2.45) is 0 Å². The highest BCUT2D eigenvalue weighted by Gasteiger charge is 2.26. The molecule has 5 nitrogen and oxygen atoms in total. The van der Waals surface area contributed by atoms with E-state index in [0.717, 1.165) is 0 Å². The van der Waals surface area contributed by atoms with Crippen LogP contribution in [0.4, 0.5) is 14.6 Å². The Kier molecular flexibility index (Phi) is 2.80. The average molecular weight is 225 g/mol. The van der Waals surface area contributed by atoms with Crippen LogP contribution in [0.15, 0.2) is 6.20 Å². The van der Waals surface area contributed by atoms with E-state index in [-0.39, 0.29) is 0 Å². The van der Waals surface area contributed by atoms with Gasteiger partial charge >= 0.3 is 5.82 Å². The zero-order chi connectivity index (χ0) is 10.9. The molecule has 0 saturated heterocycles. The number of aromatic nitrogens is 1. The first kappa shape index (κ1) is 10.6. The fourth-order valence-corrected chi connectivity index (χ4v) is 1.11. The third kappa shape index (κ3) is 1.72. The minimum atomic E-state index is -3.09. The van der Waals surface area contributed by atoms with E-state index >= 15 is 0 Å². The molecule has 1 rings (SSSR count). The lowest BCUT2D eigenvalue weighted by Gasteiger charge is -2.03. The van der Waals surface area contributed by atoms with Crippen LogP contribution in [0.25, 0.3) is 0 Å². The molecule has 0 atom stereocenters. The van der Waals surface area contributed by atoms with E-state index in [1.807, 2.05) is 0 Å². The van der Waals surface area contributed by atoms with Gasteiger partial charge < -0.3 is 15.2 Å². The fourth-order valence-electron chi connectivity index (χ4n) is 0.816. The molecule has 8 heteroatoms. The molecule has 0 aliphatic rings.